The Morgan fingerprint density at radius 2 is 1.47 bits per heavy atom. The molecule has 0 saturated heterocycles. The van der Waals surface area contributed by atoms with Crippen molar-refractivity contribution in [1.29, 1.82) is 0 Å². The van der Waals surface area contributed by atoms with Crippen molar-refractivity contribution in [2.24, 2.45) is 10.7 Å². The molecule has 1 rings (SSSR count). The summed E-state index contributed by atoms with van der Waals surface area (Å²) in [5.41, 5.74) is 7.00. The van der Waals surface area contributed by atoms with Gasteiger partial charge in [-0.1, -0.05) is 73.3 Å². The standard InChI is InChI=1S/C32H64N6O5/c1-7-13-18-31(35(27-39)20-15-9-3)34-30(33)37(21-16-10-4)32(19-14-8-2,38(31)22-17-11-5)36(28-40)23-24-42-25-26-43-29(41)12-6/h12,39-40H,6-11,13-28H2,1-5H3,(H2,33,34). The van der Waals surface area contributed by atoms with Crippen LogP contribution in [0.1, 0.15) is 112 Å². The van der Waals surface area contributed by atoms with E-state index >= 15 is 0 Å². The largest absolute Gasteiger partial charge is 0.460 e. The molecule has 11 nitrogen and oxygen atoms in total. The van der Waals surface area contributed by atoms with Gasteiger partial charge in [-0.25, -0.2) is 24.5 Å². The molecule has 1 aliphatic rings. The van der Waals surface area contributed by atoms with Crippen LogP contribution in [0.3, 0.4) is 0 Å². The van der Waals surface area contributed by atoms with E-state index in [1.54, 1.807) is 0 Å². The van der Waals surface area contributed by atoms with Crippen molar-refractivity contribution < 1.29 is 24.5 Å². The van der Waals surface area contributed by atoms with Crippen LogP contribution in [0, 0.1) is 0 Å². The number of unbranched alkanes of at least 4 members (excludes halogenated alkanes) is 5. The number of hydrogen-bond donors (Lipinski definition) is 3. The van der Waals surface area contributed by atoms with Crippen LogP contribution in [0.2, 0.25) is 0 Å². The fraction of sp³-hybridized carbons (Fsp3) is 0.875. The van der Waals surface area contributed by atoms with Gasteiger partial charge in [0.05, 0.1) is 26.7 Å². The molecule has 2 unspecified atom stereocenters. The lowest BCUT2D eigenvalue weighted by molar-refractivity contribution is -0.259. The van der Waals surface area contributed by atoms with Crippen LogP contribution in [0.25, 0.3) is 0 Å². The normalized spacial score (nSPS) is 21.0. The van der Waals surface area contributed by atoms with E-state index in [1.807, 2.05) is 0 Å². The summed E-state index contributed by atoms with van der Waals surface area (Å²) in [6.07, 6.45) is 12.2. The molecule has 11 heteroatoms. The van der Waals surface area contributed by atoms with Crippen molar-refractivity contribution in [2.45, 2.75) is 123 Å². The Morgan fingerprint density at radius 3 is 2.05 bits per heavy atom. The maximum atomic E-state index is 11.4. The Kier molecular flexibility index (Phi) is 20.0. The second-order valence-electron chi connectivity index (χ2n) is 11.4. The first-order valence-electron chi connectivity index (χ1n) is 16.8. The van der Waals surface area contributed by atoms with Gasteiger partial charge in [-0.2, -0.15) is 0 Å². The first-order chi connectivity index (χ1) is 20.8. The number of carbonyl (C=O) groups is 1. The van der Waals surface area contributed by atoms with Gasteiger partial charge in [-0.15, -0.1) is 0 Å². The molecule has 1 aliphatic heterocycles. The number of aliphatic hydroxyl groups is 2. The fourth-order valence-corrected chi connectivity index (χ4v) is 6.00. The maximum absolute atomic E-state index is 11.4. The van der Waals surface area contributed by atoms with Gasteiger partial charge in [-0.05, 0) is 38.5 Å². The highest BCUT2D eigenvalue weighted by molar-refractivity contribution is 5.81. The number of ether oxygens (including phenoxy) is 2. The van der Waals surface area contributed by atoms with E-state index in [2.05, 4.69) is 60.8 Å². The summed E-state index contributed by atoms with van der Waals surface area (Å²) in [6.45, 7) is 17.3. The molecule has 4 N–H and O–H groups in total. The van der Waals surface area contributed by atoms with Crippen molar-refractivity contribution in [3.05, 3.63) is 12.7 Å². The van der Waals surface area contributed by atoms with Crippen LogP contribution in [0.15, 0.2) is 17.6 Å². The Balaban J connectivity index is 3.80. The van der Waals surface area contributed by atoms with Gasteiger partial charge >= 0.3 is 5.97 Å². The van der Waals surface area contributed by atoms with Crippen molar-refractivity contribution in [1.82, 2.24) is 19.6 Å². The quantitative estimate of drug-likeness (QED) is 0.0564. The molecule has 0 fully saturated rings. The summed E-state index contributed by atoms with van der Waals surface area (Å²) >= 11 is 0. The van der Waals surface area contributed by atoms with E-state index in [0.717, 1.165) is 89.7 Å². The Hall–Kier alpha value is -1.76. The molecule has 0 bridgehead atoms. The lowest BCUT2D eigenvalue weighted by Crippen LogP contribution is -2.82. The highest BCUT2D eigenvalue weighted by atomic mass is 16.6. The van der Waals surface area contributed by atoms with Crippen LogP contribution < -0.4 is 5.73 Å². The molecule has 0 aliphatic carbocycles. The first kappa shape index (κ1) is 39.3. The molecule has 1 heterocycles. The predicted octanol–water partition coefficient (Wildman–Crippen LogP) is 4.26. The van der Waals surface area contributed by atoms with E-state index in [-0.39, 0.29) is 26.7 Å². The molecule has 0 spiro atoms. The average molecular weight is 613 g/mol. The molecular weight excluding hydrogens is 548 g/mol. The minimum Gasteiger partial charge on any atom is -0.460 e. The zero-order chi connectivity index (χ0) is 32.1. The van der Waals surface area contributed by atoms with Crippen molar-refractivity contribution >= 4 is 11.9 Å². The number of carbonyl (C=O) groups excluding carboxylic acids is 1. The molecule has 0 radical (unpaired) electrons. The minimum atomic E-state index is -0.858. The second kappa shape index (κ2) is 21.9. The van der Waals surface area contributed by atoms with Crippen LogP contribution in [0.4, 0.5) is 0 Å². The summed E-state index contributed by atoms with van der Waals surface area (Å²) in [6, 6.07) is 0. The van der Waals surface area contributed by atoms with Crippen molar-refractivity contribution in [3.8, 4) is 0 Å². The minimum absolute atomic E-state index is 0.131. The summed E-state index contributed by atoms with van der Waals surface area (Å²) in [7, 11) is 0. The molecule has 2 atom stereocenters. The maximum Gasteiger partial charge on any atom is 0.330 e. The number of esters is 1. The number of nitrogens with two attached hydrogens (primary N) is 1. The number of aliphatic imine (C=N–C) groups is 1. The van der Waals surface area contributed by atoms with Crippen LogP contribution >= 0.6 is 0 Å². The molecule has 0 aromatic carbocycles. The highest BCUT2D eigenvalue weighted by Crippen LogP contribution is 2.44. The number of nitrogens with zero attached hydrogens (tertiary/aromatic N) is 5. The summed E-state index contributed by atoms with van der Waals surface area (Å²) in [5, 5.41) is 22.0. The predicted molar refractivity (Wildman–Crippen MR) is 174 cm³/mol. The lowest BCUT2D eigenvalue weighted by atomic mass is 9.96. The molecule has 0 aromatic rings. The van der Waals surface area contributed by atoms with Crippen molar-refractivity contribution in [2.75, 3.05) is 59.5 Å². The number of guanidine groups is 1. The zero-order valence-corrected chi connectivity index (χ0v) is 28.1. The molecule has 0 aromatic heterocycles. The third-order valence-electron chi connectivity index (χ3n) is 8.35. The highest BCUT2D eigenvalue weighted by Gasteiger charge is 2.59. The molecule has 0 amide bonds. The third-order valence-corrected chi connectivity index (χ3v) is 8.35. The fourth-order valence-electron chi connectivity index (χ4n) is 6.00. The van der Waals surface area contributed by atoms with Crippen molar-refractivity contribution in [3.63, 3.8) is 0 Å². The van der Waals surface area contributed by atoms with E-state index in [9.17, 15) is 15.0 Å². The average Bonchev–Trinajstić information content (AvgIpc) is 3.01. The van der Waals surface area contributed by atoms with E-state index in [1.165, 1.54) is 0 Å². The van der Waals surface area contributed by atoms with Crippen LogP contribution in [0.5, 0.6) is 0 Å². The Labute approximate surface area is 262 Å². The Morgan fingerprint density at radius 1 is 0.860 bits per heavy atom. The van der Waals surface area contributed by atoms with Gasteiger partial charge in [0.1, 0.15) is 6.61 Å². The topological polar surface area (TPSA) is 127 Å². The lowest BCUT2D eigenvalue weighted by Gasteiger charge is -2.65. The van der Waals surface area contributed by atoms with Gasteiger partial charge in [0.2, 0.25) is 0 Å². The first-order valence-corrected chi connectivity index (χ1v) is 16.8. The van der Waals surface area contributed by atoms with Gasteiger partial charge in [0.15, 0.2) is 17.5 Å². The summed E-state index contributed by atoms with van der Waals surface area (Å²) < 4.78 is 10.9. The van der Waals surface area contributed by atoms with Gasteiger partial charge in [0, 0.05) is 38.7 Å². The molecule has 43 heavy (non-hydrogen) atoms. The molecule has 252 valence electrons. The second-order valence-corrected chi connectivity index (χ2v) is 11.4. The Bertz CT molecular complexity index is 802. The van der Waals surface area contributed by atoms with E-state index in [0.29, 0.717) is 32.2 Å². The zero-order valence-electron chi connectivity index (χ0n) is 28.1. The third kappa shape index (κ3) is 10.7. The summed E-state index contributed by atoms with van der Waals surface area (Å²) in [4.78, 5) is 25.6. The van der Waals surface area contributed by atoms with Crippen LogP contribution in [-0.4, -0.2) is 113 Å². The number of hydrogen-bond acceptors (Lipinski definition) is 11. The van der Waals surface area contributed by atoms with Gasteiger partial charge in [0.25, 0.3) is 0 Å². The smallest absolute Gasteiger partial charge is 0.330 e. The van der Waals surface area contributed by atoms with Gasteiger partial charge < -0.3 is 30.3 Å². The van der Waals surface area contributed by atoms with E-state index < -0.39 is 17.5 Å². The monoisotopic (exact) mass is 612 g/mol. The van der Waals surface area contributed by atoms with E-state index in [4.69, 9.17) is 20.2 Å². The summed E-state index contributed by atoms with van der Waals surface area (Å²) in [5.74, 6) is -1.66. The SMILES string of the molecule is C=CC(=O)OCCOCCN(CO)C1(CCCC)N(CCCC)C(N)=NC(CCCC)(N(CO)CCCC)N1CCCC. The number of aliphatic hydroxyl groups excluding tert-OH is 2. The molecular formula is C32H64N6O5. The van der Waals surface area contributed by atoms with Gasteiger partial charge in [-0.3, -0.25) is 0 Å². The number of rotatable bonds is 26. The molecule has 0 saturated carbocycles. The van der Waals surface area contributed by atoms with Crippen LogP contribution in [-0.2, 0) is 14.3 Å².